The largest absolute Gasteiger partial charge is 0.481 e. The summed E-state index contributed by atoms with van der Waals surface area (Å²) in [6.45, 7) is 3.35. The number of aliphatic carboxylic acids is 1. The molecule has 2 atom stereocenters. The Morgan fingerprint density at radius 1 is 1.28 bits per heavy atom. The minimum atomic E-state index is -0.884. The van der Waals surface area contributed by atoms with Crippen molar-refractivity contribution in [1.82, 2.24) is 9.97 Å². The maximum atomic E-state index is 10.8. The van der Waals surface area contributed by atoms with Crippen molar-refractivity contribution >= 4 is 11.9 Å². The Morgan fingerprint density at radius 3 is 2.17 bits per heavy atom. The SMILES string of the molecule is COc1cc(OC)nc(NC(C)C(C)C(=O)O)n1. The van der Waals surface area contributed by atoms with Gasteiger partial charge in [0.1, 0.15) is 0 Å². The van der Waals surface area contributed by atoms with Gasteiger partial charge in [-0.05, 0) is 13.8 Å². The number of rotatable bonds is 6. The van der Waals surface area contributed by atoms with E-state index in [-0.39, 0.29) is 12.0 Å². The molecular formula is C11H17N3O4. The first-order valence-corrected chi connectivity index (χ1v) is 5.44. The lowest BCUT2D eigenvalue weighted by Crippen LogP contribution is -2.30. The molecule has 0 radical (unpaired) electrons. The molecule has 2 N–H and O–H groups in total. The molecule has 1 aromatic rings. The van der Waals surface area contributed by atoms with Gasteiger partial charge < -0.3 is 19.9 Å². The number of hydrogen-bond acceptors (Lipinski definition) is 6. The number of carboxylic acids is 1. The Balaban J connectivity index is 2.86. The molecule has 18 heavy (non-hydrogen) atoms. The van der Waals surface area contributed by atoms with Crippen LogP contribution in [0, 0.1) is 5.92 Å². The Labute approximate surface area is 105 Å². The predicted molar refractivity (Wildman–Crippen MR) is 65.0 cm³/mol. The van der Waals surface area contributed by atoms with Crippen LogP contribution < -0.4 is 14.8 Å². The van der Waals surface area contributed by atoms with Gasteiger partial charge in [0.15, 0.2) is 0 Å². The van der Waals surface area contributed by atoms with Crippen molar-refractivity contribution in [3.8, 4) is 11.8 Å². The van der Waals surface area contributed by atoms with Crippen LogP contribution in [0.15, 0.2) is 6.07 Å². The molecule has 1 rings (SSSR count). The summed E-state index contributed by atoms with van der Waals surface area (Å²) in [5, 5.41) is 11.8. The molecule has 0 aliphatic carbocycles. The predicted octanol–water partition coefficient (Wildman–Crippen LogP) is 1.01. The standard InChI is InChI=1S/C11H17N3O4/c1-6(10(15)16)7(2)12-11-13-8(17-3)5-9(14-11)18-4/h5-7H,1-4H3,(H,15,16)(H,12,13,14). The number of ether oxygens (including phenoxy) is 2. The summed E-state index contributed by atoms with van der Waals surface area (Å²) in [4.78, 5) is 19.0. The number of carboxylic acid groups (broad SMARTS) is 1. The maximum absolute atomic E-state index is 10.8. The maximum Gasteiger partial charge on any atom is 0.308 e. The molecule has 0 aromatic carbocycles. The van der Waals surface area contributed by atoms with Gasteiger partial charge >= 0.3 is 5.97 Å². The van der Waals surface area contributed by atoms with E-state index in [9.17, 15) is 4.79 Å². The number of nitrogens with one attached hydrogen (secondary N) is 1. The average molecular weight is 255 g/mol. The zero-order valence-electron chi connectivity index (χ0n) is 10.8. The first-order valence-electron chi connectivity index (χ1n) is 5.44. The van der Waals surface area contributed by atoms with E-state index in [0.29, 0.717) is 11.8 Å². The molecule has 0 spiro atoms. The summed E-state index contributed by atoms with van der Waals surface area (Å²) in [7, 11) is 2.96. The van der Waals surface area contributed by atoms with Gasteiger partial charge in [-0.25, -0.2) is 0 Å². The van der Waals surface area contributed by atoms with Crippen LogP contribution >= 0.6 is 0 Å². The van der Waals surface area contributed by atoms with E-state index >= 15 is 0 Å². The van der Waals surface area contributed by atoms with Crippen LogP contribution in [0.5, 0.6) is 11.8 Å². The third kappa shape index (κ3) is 3.47. The van der Waals surface area contributed by atoms with E-state index in [1.165, 1.54) is 20.3 Å². The zero-order chi connectivity index (χ0) is 13.7. The lowest BCUT2D eigenvalue weighted by Gasteiger charge is -2.18. The first kappa shape index (κ1) is 14.0. The van der Waals surface area contributed by atoms with Gasteiger partial charge in [-0.2, -0.15) is 9.97 Å². The second-order valence-electron chi connectivity index (χ2n) is 3.84. The third-order valence-corrected chi connectivity index (χ3v) is 2.59. The molecule has 0 saturated heterocycles. The van der Waals surface area contributed by atoms with Gasteiger partial charge in [-0.15, -0.1) is 0 Å². The summed E-state index contributed by atoms with van der Waals surface area (Å²) in [6.07, 6.45) is 0. The monoisotopic (exact) mass is 255 g/mol. The molecule has 0 saturated carbocycles. The van der Waals surface area contributed by atoms with Gasteiger partial charge in [0.05, 0.1) is 26.2 Å². The molecule has 0 aliphatic heterocycles. The van der Waals surface area contributed by atoms with Crippen molar-refractivity contribution in [3.63, 3.8) is 0 Å². The smallest absolute Gasteiger partial charge is 0.308 e. The highest BCUT2D eigenvalue weighted by Gasteiger charge is 2.20. The van der Waals surface area contributed by atoms with Gasteiger partial charge in [-0.1, -0.05) is 0 Å². The molecular weight excluding hydrogens is 238 g/mol. The fourth-order valence-electron chi connectivity index (χ4n) is 1.22. The molecule has 0 amide bonds. The third-order valence-electron chi connectivity index (χ3n) is 2.59. The zero-order valence-corrected chi connectivity index (χ0v) is 10.8. The van der Waals surface area contributed by atoms with Gasteiger partial charge in [0, 0.05) is 6.04 Å². The van der Waals surface area contributed by atoms with Gasteiger partial charge in [-0.3, -0.25) is 4.79 Å². The molecule has 7 nitrogen and oxygen atoms in total. The van der Waals surface area contributed by atoms with Crippen molar-refractivity contribution in [2.24, 2.45) is 5.92 Å². The molecule has 1 aromatic heterocycles. The number of nitrogens with zero attached hydrogens (tertiary/aromatic N) is 2. The summed E-state index contributed by atoms with van der Waals surface area (Å²) in [5.41, 5.74) is 0. The van der Waals surface area contributed by atoms with Crippen LogP contribution in [0.1, 0.15) is 13.8 Å². The average Bonchev–Trinajstić information content (AvgIpc) is 2.36. The Bertz CT molecular complexity index is 402. The fourth-order valence-corrected chi connectivity index (χ4v) is 1.22. The molecule has 2 unspecified atom stereocenters. The molecule has 0 fully saturated rings. The number of hydrogen-bond donors (Lipinski definition) is 2. The second-order valence-corrected chi connectivity index (χ2v) is 3.84. The van der Waals surface area contributed by atoms with Crippen LogP contribution in [0.25, 0.3) is 0 Å². The molecule has 100 valence electrons. The lowest BCUT2D eigenvalue weighted by molar-refractivity contribution is -0.141. The molecule has 7 heteroatoms. The van der Waals surface area contributed by atoms with E-state index in [4.69, 9.17) is 14.6 Å². The minimum absolute atomic E-state index is 0.270. The Morgan fingerprint density at radius 2 is 1.78 bits per heavy atom. The summed E-state index contributed by atoms with van der Waals surface area (Å²) < 4.78 is 10.00. The molecule has 0 bridgehead atoms. The highest BCUT2D eigenvalue weighted by molar-refractivity contribution is 5.70. The summed E-state index contributed by atoms with van der Waals surface area (Å²) in [5.74, 6) is -0.485. The van der Waals surface area contributed by atoms with Crippen LogP contribution in [-0.2, 0) is 4.79 Å². The quantitative estimate of drug-likeness (QED) is 0.783. The fraction of sp³-hybridized carbons (Fsp3) is 0.545. The van der Waals surface area contributed by atoms with Crippen LogP contribution in [0.2, 0.25) is 0 Å². The highest BCUT2D eigenvalue weighted by atomic mass is 16.5. The number of aromatic nitrogens is 2. The minimum Gasteiger partial charge on any atom is -0.481 e. The normalized spacial score (nSPS) is 13.6. The van der Waals surface area contributed by atoms with E-state index < -0.39 is 11.9 Å². The number of anilines is 1. The van der Waals surface area contributed by atoms with Gasteiger partial charge in [0.25, 0.3) is 0 Å². The summed E-state index contributed by atoms with van der Waals surface area (Å²) >= 11 is 0. The second kappa shape index (κ2) is 6.04. The van der Waals surface area contributed by atoms with Crippen molar-refractivity contribution in [1.29, 1.82) is 0 Å². The number of carbonyl (C=O) groups is 1. The van der Waals surface area contributed by atoms with Crippen molar-refractivity contribution in [3.05, 3.63) is 6.07 Å². The Hall–Kier alpha value is -2.05. The van der Waals surface area contributed by atoms with E-state index in [0.717, 1.165) is 0 Å². The van der Waals surface area contributed by atoms with Crippen molar-refractivity contribution in [2.75, 3.05) is 19.5 Å². The van der Waals surface area contributed by atoms with Crippen molar-refractivity contribution < 1.29 is 19.4 Å². The summed E-state index contributed by atoms with van der Waals surface area (Å²) in [6, 6.07) is 1.22. The van der Waals surface area contributed by atoms with Crippen LogP contribution in [0.3, 0.4) is 0 Å². The molecule has 0 aliphatic rings. The van der Waals surface area contributed by atoms with Crippen molar-refractivity contribution in [2.45, 2.75) is 19.9 Å². The van der Waals surface area contributed by atoms with E-state index in [1.807, 2.05) is 0 Å². The Kier molecular flexibility index (Phi) is 4.70. The first-order chi connectivity index (χ1) is 8.47. The van der Waals surface area contributed by atoms with Crippen LogP contribution in [-0.4, -0.2) is 41.3 Å². The lowest BCUT2D eigenvalue weighted by atomic mass is 10.0. The van der Waals surface area contributed by atoms with E-state index in [1.54, 1.807) is 13.8 Å². The topological polar surface area (TPSA) is 93.6 Å². The van der Waals surface area contributed by atoms with Gasteiger partial charge in [0.2, 0.25) is 17.7 Å². The van der Waals surface area contributed by atoms with Crippen LogP contribution in [0.4, 0.5) is 5.95 Å². The van der Waals surface area contributed by atoms with E-state index in [2.05, 4.69) is 15.3 Å². The molecule has 1 heterocycles. The number of methoxy groups -OCH3 is 2. The highest BCUT2D eigenvalue weighted by Crippen LogP contribution is 2.18.